The number of rotatable bonds is 4. The van der Waals surface area contributed by atoms with Gasteiger partial charge in [0, 0.05) is 5.69 Å². The smallest absolute Gasteiger partial charge is 0.261 e. The second kappa shape index (κ2) is 5.16. The van der Waals surface area contributed by atoms with Crippen LogP contribution in [0.3, 0.4) is 0 Å². The van der Waals surface area contributed by atoms with Crippen molar-refractivity contribution in [2.45, 2.75) is 4.90 Å². The van der Waals surface area contributed by atoms with E-state index in [0.29, 0.717) is 5.69 Å². The van der Waals surface area contributed by atoms with Crippen LogP contribution < -0.4 is 4.72 Å². The summed E-state index contributed by atoms with van der Waals surface area (Å²) in [5, 5.41) is 9.15. The molecule has 0 radical (unpaired) electrons. The molecule has 2 rings (SSSR count). The lowest BCUT2D eigenvalue weighted by Gasteiger charge is -2.08. The zero-order valence-corrected chi connectivity index (χ0v) is 10.9. The minimum Gasteiger partial charge on any atom is -0.508 e. The summed E-state index contributed by atoms with van der Waals surface area (Å²) >= 11 is 0. The van der Waals surface area contributed by atoms with Crippen LogP contribution in [0.15, 0.2) is 60.0 Å². The van der Waals surface area contributed by atoms with E-state index in [4.69, 9.17) is 5.11 Å². The summed E-state index contributed by atoms with van der Waals surface area (Å²) in [7, 11) is -3.64. The van der Waals surface area contributed by atoms with Crippen LogP contribution >= 0.6 is 0 Å². The number of sulfonamides is 1. The second-order valence-electron chi connectivity index (χ2n) is 3.93. The summed E-state index contributed by atoms with van der Waals surface area (Å²) in [5.41, 5.74) is 1.38. The normalized spacial score (nSPS) is 10.9. The van der Waals surface area contributed by atoms with Crippen LogP contribution in [0.2, 0.25) is 0 Å². The molecule has 0 aliphatic rings. The Morgan fingerprint density at radius 1 is 1.00 bits per heavy atom. The van der Waals surface area contributed by atoms with Crippen molar-refractivity contribution < 1.29 is 13.5 Å². The van der Waals surface area contributed by atoms with E-state index in [9.17, 15) is 8.42 Å². The lowest BCUT2D eigenvalue weighted by Crippen LogP contribution is -2.12. The quantitative estimate of drug-likeness (QED) is 0.901. The SMILES string of the molecule is C=Cc1ccc(NS(=O)(=O)c2ccc(O)cc2)cc1. The highest BCUT2D eigenvalue weighted by Gasteiger charge is 2.13. The first-order valence-electron chi connectivity index (χ1n) is 5.55. The third kappa shape index (κ3) is 3.14. The van der Waals surface area contributed by atoms with Crippen molar-refractivity contribution >= 4 is 21.8 Å². The average molecular weight is 275 g/mol. The van der Waals surface area contributed by atoms with Crippen molar-refractivity contribution in [3.63, 3.8) is 0 Å². The molecule has 0 atom stereocenters. The van der Waals surface area contributed by atoms with E-state index in [-0.39, 0.29) is 10.6 Å². The number of anilines is 1. The van der Waals surface area contributed by atoms with Gasteiger partial charge in [0.2, 0.25) is 0 Å². The van der Waals surface area contributed by atoms with Gasteiger partial charge in [-0.2, -0.15) is 0 Å². The first-order valence-corrected chi connectivity index (χ1v) is 7.04. The van der Waals surface area contributed by atoms with Gasteiger partial charge in [-0.3, -0.25) is 4.72 Å². The molecule has 0 aliphatic carbocycles. The fourth-order valence-corrected chi connectivity index (χ4v) is 2.59. The zero-order chi connectivity index (χ0) is 13.9. The molecule has 0 aliphatic heterocycles. The van der Waals surface area contributed by atoms with Crippen LogP contribution in [-0.4, -0.2) is 13.5 Å². The van der Waals surface area contributed by atoms with Crippen molar-refractivity contribution in [2.24, 2.45) is 0 Å². The van der Waals surface area contributed by atoms with Crippen molar-refractivity contribution in [3.8, 4) is 5.75 Å². The molecule has 98 valence electrons. The van der Waals surface area contributed by atoms with Crippen LogP contribution in [0, 0.1) is 0 Å². The van der Waals surface area contributed by atoms with Gasteiger partial charge in [0.15, 0.2) is 0 Å². The second-order valence-corrected chi connectivity index (χ2v) is 5.61. The number of aromatic hydroxyl groups is 1. The van der Waals surface area contributed by atoms with Gasteiger partial charge in [-0.15, -0.1) is 0 Å². The summed E-state index contributed by atoms with van der Waals surface area (Å²) in [6.45, 7) is 3.63. The minimum absolute atomic E-state index is 0.0225. The van der Waals surface area contributed by atoms with Crippen molar-refractivity contribution in [1.82, 2.24) is 0 Å². The number of hydrogen-bond donors (Lipinski definition) is 2. The molecule has 5 heteroatoms. The first kappa shape index (κ1) is 13.2. The fraction of sp³-hybridized carbons (Fsp3) is 0. The lowest BCUT2D eigenvalue weighted by atomic mass is 10.2. The Morgan fingerprint density at radius 3 is 2.11 bits per heavy atom. The number of hydrogen-bond acceptors (Lipinski definition) is 3. The predicted octanol–water partition coefficient (Wildman–Crippen LogP) is 2.84. The summed E-state index contributed by atoms with van der Waals surface area (Å²) < 4.78 is 26.6. The molecule has 0 spiro atoms. The Morgan fingerprint density at radius 2 is 1.58 bits per heavy atom. The van der Waals surface area contributed by atoms with Gasteiger partial charge < -0.3 is 5.11 Å². The van der Waals surface area contributed by atoms with Crippen LogP contribution in [0.25, 0.3) is 6.08 Å². The molecule has 4 nitrogen and oxygen atoms in total. The summed E-state index contributed by atoms with van der Waals surface area (Å²) in [5.74, 6) is 0.0225. The maximum absolute atomic E-state index is 12.1. The van der Waals surface area contributed by atoms with Crippen LogP contribution in [0.4, 0.5) is 5.69 Å². The number of nitrogens with one attached hydrogen (secondary N) is 1. The van der Waals surface area contributed by atoms with Crippen molar-refractivity contribution in [2.75, 3.05) is 4.72 Å². The topological polar surface area (TPSA) is 66.4 Å². The van der Waals surface area contributed by atoms with E-state index in [1.165, 1.54) is 24.3 Å². The maximum Gasteiger partial charge on any atom is 0.261 e. The molecule has 0 amide bonds. The summed E-state index contributed by atoms with van der Waals surface area (Å²) in [6.07, 6.45) is 1.68. The highest BCUT2D eigenvalue weighted by Crippen LogP contribution is 2.19. The van der Waals surface area contributed by atoms with E-state index in [2.05, 4.69) is 11.3 Å². The molecule has 2 N–H and O–H groups in total. The van der Waals surface area contributed by atoms with E-state index < -0.39 is 10.0 Å². The average Bonchev–Trinajstić information content (AvgIpc) is 2.40. The predicted molar refractivity (Wildman–Crippen MR) is 75.4 cm³/mol. The molecular weight excluding hydrogens is 262 g/mol. The molecule has 2 aromatic carbocycles. The minimum atomic E-state index is -3.64. The van der Waals surface area contributed by atoms with Crippen molar-refractivity contribution in [3.05, 3.63) is 60.7 Å². The molecule has 0 saturated heterocycles. The Bertz CT molecular complexity index is 674. The summed E-state index contributed by atoms with van der Waals surface area (Å²) in [4.78, 5) is 0.0955. The molecule has 0 unspecified atom stereocenters. The van der Waals surface area contributed by atoms with Gasteiger partial charge in [-0.1, -0.05) is 24.8 Å². The largest absolute Gasteiger partial charge is 0.508 e. The third-order valence-corrected chi connectivity index (χ3v) is 3.94. The van der Waals surface area contributed by atoms with E-state index in [1.807, 2.05) is 0 Å². The molecule has 0 saturated carbocycles. The van der Waals surface area contributed by atoms with Gasteiger partial charge in [0.25, 0.3) is 10.0 Å². The lowest BCUT2D eigenvalue weighted by molar-refractivity contribution is 0.475. The Balaban J connectivity index is 2.25. The highest BCUT2D eigenvalue weighted by molar-refractivity contribution is 7.92. The Labute approximate surface area is 112 Å². The zero-order valence-electron chi connectivity index (χ0n) is 10.1. The maximum atomic E-state index is 12.1. The van der Waals surface area contributed by atoms with E-state index in [0.717, 1.165) is 5.56 Å². The Kier molecular flexibility index (Phi) is 3.57. The summed E-state index contributed by atoms with van der Waals surface area (Å²) in [6, 6.07) is 12.2. The monoisotopic (exact) mass is 275 g/mol. The standard InChI is InChI=1S/C14H13NO3S/c1-2-11-3-5-12(6-4-11)15-19(17,18)14-9-7-13(16)8-10-14/h2-10,15-16H,1H2. The molecule has 0 bridgehead atoms. The van der Waals surface area contributed by atoms with E-state index in [1.54, 1.807) is 30.3 Å². The number of phenols is 1. The molecule has 2 aromatic rings. The molecule has 0 aromatic heterocycles. The molecule has 0 fully saturated rings. The van der Waals surface area contributed by atoms with Gasteiger partial charge in [-0.05, 0) is 42.0 Å². The van der Waals surface area contributed by atoms with Crippen molar-refractivity contribution in [1.29, 1.82) is 0 Å². The van der Waals surface area contributed by atoms with Gasteiger partial charge in [0.1, 0.15) is 5.75 Å². The van der Waals surface area contributed by atoms with Gasteiger partial charge in [0.05, 0.1) is 4.90 Å². The third-order valence-electron chi connectivity index (χ3n) is 2.55. The highest BCUT2D eigenvalue weighted by atomic mass is 32.2. The van der Waals surface area contributed by atoms with Gasteiger partial charge >= 0.3 is 0 Å². The molecular formula is C14H13NO3S. The fourth-order valence-electron chi connectivity index (χ4n) is 1.53. The van der Waals surface area contributed by atoms with E-state index >= 15 is 0 Å². The van der Waals surface area contributed by atoms with Gasteiger partial charge in [-0.25, -0.2) is 8.42 Å². The number of benzene rings is 2. The molecule has 19 heavy (non-hydrogen) atoms. The Hall–Kier alpha value is -2.27. The van der Waals surface area contributed by atoms with Crippen LogP contribution in [-0.2, 0) is 10.0 Å². The number of phenolic OH excluding ortho intramolecular Hbond substituents is 1. The first-order chi connectivity index (χ1) is 9.01. The van der Waals surface area contributed by atoms with Crippen LogP contribution in [0.5, 0.6) is 5.75 Å². The molecule has 0 heterocycles. The van der Waals surface area contributed by atoms with Crippen LogP contribution in [0.1, 0.15) is 5.56 Å².